The topological polar surface area (TPSA) is 67.1 Å². The number of aryl methyl sites for hydroxylation is 1. The molecule has 2 rings (SSSR count). The average Bonchev–Trinajstić information content (AvgIpc) is 3.06. The lowest BCUT2D eigenvalue weighted by Crippen LogP contribution is -2.38. The summed E-state index contributed by atoms with van der Waals surface area (Å²) in [6, 6.07) is 7.92. The van der Waals surface area contributed by atoms with E-state index < -0.39 is 0 Å². The van der Waals surface area contributed by atoms with Gasteiger partial charge in [0.15, 0.2) is 5.96 Å². The fourth-order valence-corrected chi connectivity index (χ4v) is 2.05. The lowest BCUT2D eigenvalue weighted by atomic mass is 10.3. The zero-order chi connectivity index (χ0) is 15.5. The normalized spacial score (nSPS) is 10.9. The standard InChI is InChI=1S/C16H24N6.HI/c1-2-17-16(19-10-5-13-22-14-6-11-21-22)20-12-8-15-7-3-4-9-18-15;/h3-4,6-7,9,11,14H,2,5,8,10,12-13H2,1H3,(H2,17,19,20);1H. The van der Waals surface area contributed by atoms with E-state index in [1.807, 2.05) is 41.3 Å². The van der Waals surface area contributed by atoms with Crippen LogP contribution >= 0.6 is 24.0 Å². The molecule has 2 aromatic rings. The summed E-state index contributed by atoms with van der Waals surface area (Å²) >= 11 is 0. The Balaban J connectivity index is 0.00000264. The second-order valence-corrected chi connectivity index (χ2v) is 4.88. The van der Waals surface area contributed by atoms with Crippen LogP contribution in [-0.2, 0) is 13.0 Å². The van der Waals surface area contributed by atoms with Crippen molar-refractivity contribution in [1.29, 1.82) is 0 Å². The highest BCUT2D eigenvalue weighted by Gasteiger charge is 1.98. The van der Waals surface area contributed by atoms with Gasteiger partial charge >= 0.3 is 0 Å². The molecule has 0 radical (unpaired) electrons. The molecule has 0 atom stereocenters. The van der Waals surface area contributed by atoms with Crippen LogP contribution in [0.5, 0.6) is 0 Å². The van der Waals surface area contributed by atoms with E-state index in [1.54, 1.807) is 6.20 Å². The Morgan fingerprint density at radius 2 is 2.13 bits per heavy atom. The summed E-state index contributed by atoms with van der Waals surface area (Å²) in [7, 11) is 0. The minimum Gasteiger partial charge on any atom is -0.357 e. The first-order chi connectivity index (χ1) is 10.9. The molecular formula is C16H25IN6. The van der Waals surface area contributed by atoms with E-state index in [-0.39, 0.29) is 24.0 Å². The van der Waals surface area contributed by atoms with Crippen molar-refractivity contribution in [3.63, 3.8) is 0 Å². The van der Waals surface area contributed by atoms with E-state index in [1.165, 1.54) is 0 Å². The van der Waals surface area contributed by atoms with E-state index >= 15 is 0 Å². The fraction of sp³-hybridized carbons (Fsp3) is 0.438. The number of pyridine rings is 1. The number of guanidine groups is 1. The van der Waals surface area contributed by atoms with Gasteiger partial charge in [-0.3, -0.25) is 14.7 Å². The first-order valence-electron chi connectivity index (χ1n) is 7.78. The molecule has 2 N–H and O–H groups in total. The Morgan fingerprint density at radius 1 is 1.22 bits per heavy atom. The summed E-state index contributed by atoms with van der Waals surface area (Å²) in [5, 5.41) is 10.8. The Labute approximate surface area is 154 Å². The third-order valence-corrected chi connectivity index (χ3v) is 3.12. The van der Waals surface area contributed by atoms with E-state index in [0.29, 0.717) is 0 Å². The van der Waals surface area contributed by atoms with Gasteiger partial charge in [-0.25, -0.2) is 0 Å². The van der Waals surface area contributed by atoms with Crippen LogP contribution in [0.3, 0.4) is 0 Å². The molecule has 126 valence electrons. The van der Waals surface area contributed by atoms with Gasteiger partial charge in [0.2, 0.25) is 0 Å². The number of hydrogen-bond acceptors (Lipinski definition) is 3. The predicted molar refractivity (Wildman–Crippen MR) is 104 cm³/mol. The van der Waals surface area contributed by atoms with Crippen molar-refractivity contribution in [2.45, 2.75) is 26.3 Å². The van der Waals surface area contributed by atoms with E-state index in [4.69, 9.17) is 0 Å². The summed E-state index contributed by atoms with van der Waals surface area (Å²) in [4.78, 5) is 8.89. The van der Waals surface area contributed by atoms with Crippen LogP contribution in [-0.4, -0.2) is 40.4 Å². The molecule has 0 saturated carbocycles. The van der Waals surface area contributed by atoms with Crippen molar-refractivity contribution in [2.75, 3.05) is 19.6 Å². The maximum Gasteiger partial charge on any atom is 0.191 e. The molecule has 0 aliphatic heterocycles. The molecule has 0 fully saturated rings. The molecule has 0 unspecified atom stereocenters. The van der Waals surface area contributed by atoms with Gasteiger partial charge in [0.1, 0.15) is 0 Å². The maximum absolute atomic E-state index is 4.58. The third-order valence-electron chi connectivity index (χ3n) is 3.12. The second kappa shape index (κ2) is 11.9. The molecular weight excluding hydrogens is 403 g/mol. The molecule has 0 bridgehead atoms. The van der Waals surface area contributed by atoms with Crippen LogP contribution in [0.25, 0.3) is 0 Å². The quantitative estimate of drug-likeness (QED) is 0.293. The molecule has 0 saturated heterocycles. The molecule has 6 nitrogen and oxygen atoms in total. The highest BCUT2D eigenvalue weighted by Crippen LogP contribution is 1.93. The molecule has 0 amide bonds. The zero-order valence-corrected chi connectivity index (χ0v) is 15.8. The van der Waals surface area contributed by atoms with Gasteiger partial charge in [-0.05, 0) is 31.5 Å². The van der Waals surface area contributed by atoms with Crippen molar-refractivity contribution >= 4 is 29.9 Å². The number of nitrogens with zero attached hydrogens (tertiary/aromatic N) is 4. The first kappa shape index (κ1) is 19.4. The van der Waals surface area contributed by atoms with E-state index in [2.05, 4.69) is 32.6 Å². The minimum absolute atomic E-state index is 0. The second-order valence-electron chi connectivity index (χ2n) is 4.88. The number of aromatic nitrogens is 3. The highest BCUT2D eigenvalue weighted by atomic mass is 127. The largest absolute Gasteiger partial charge is 0.357 e. The molecule has 2 aromatic heterocycles. The number of hydrogen-bond donors (Lipinski definition) is 2. The van der Waals surface area contributed by atoms with Crippen molar-refractivity contribution in [1.82, 2.24) is 25.4 Å². The molecule has 0 aliphatic rings. The van der Waals surface area contributed by atoms with Crippen molar-refractivity contribution in [3.05, 3.63) is 48.5 Å². The van der Waals surface area contributed by atoms with Gasteiger partial charge in [-0.1, -0.05) is 6.07 Å². The van der Waals surface area contributed by atoms with Gasteiger partial charge in [-0.2, -0.15) is 5.10 Å². The smallest absolute Gasteiger partial charge is 0.191 e. The molecule has 2 heterocycles. The van der Waals surface area contributed by atoms with E-state index in [9.17, 15) is 0 Å². The maximum atomic E-state index is 4.58. The Bertz CT molecular complexity index is 541. The van der Waals surface area contributed by atoms with Crippen LogP contribution in [0.4, 0.5) is 0 Å². The number of nitrogens with one attached hydrogen (secondary N) is 2. The minimum atomic E-state index is 0. The highest BCUT2D eigenvalue weighted by molar-refractivity contribution is 14.0. The van der Waals surface area contributed by atoms with Crippen LogP contribution in [0.15, 0.2) is 47.8 Å². The van der Waals surface area contributed by atoms with Gasteiger partial charge < -0.3 is 10.6 Å². The molecule has 0 aromatic carbocycles. The van der Waals surface area contributed by atoms with Gasteiger partial charge in [0, 0.05) is 56.9 Å². The van der Waals surface area contributed by atoms with Crippen LogP contribution in [0.1, 0.15) is 19.0 Å². The average molecular weight is 428 g/mol. The summed E-state index contributed by atoms with van der Waals surface area (Å²) < 4.78 is 1.93. The zero-order valence-electron chi connectivity index (χ0n) is 13.5. The van der Waals surface area contributed by atoms with Crippen LogP contribution < -0.4 is 10.6 Å². The lowest BCUT2D eigenvalue weighted by molar-refractivity contribution is 0.584. The van der Waals surface area contributed by atoms with Gasteiger partial charge in [0.25, 0.3) is 0 Å². The first-order valence-corrected chi connectivity index (χ1v) is 7.78. The lowest BCUT2D eigenvalue weighted by Gasteiger charge is -2.11. The summed E-state index contributed by atoms with van der Waals surface area (Å²) in [5.74, 6) is 0.860. The number of rotatable bonds is 8. The van der Waals surface area contributed by atoms with Crippen molar-refractivity contribution < 1.29 is 0 Å². The monoisotopic (exact) mass is 428 g/mol. The SMILES string of the molecule is CCNC(=NCCCn1cccn1)NCCc1ccccn1.I. The Kier molecular flexibility index (Phi) is 10.0. The van der Waals surface area contributed by atoms with Gasteiger partial charge in [0.05, 0.1) is 0 Å². The molecule has 0 aliphatic carbocycles. The molecule has 0 spiro atoms. The molecule has 23 heavy (non-hydrogen) atoms. The number of halogens is 1. The predicted octanol–water partition coefficient (Wildman–Crippen LogP) is 2.08. The summed E-state index contributed by atoms with van der Waals surface area (Å²) in [6.45, 7) is 5.42. The van der Waals surface area contributed by atoms with Gasteiger partial charge in [-0.15, -0.1) is 24.0 Å². The molecule has 7 heteroatoms. The third kappa shape index (κ3) is 7.96. The Hall–Kier alpha value is -1.64. The van der Waals surface area contributed by atoms with Crippen LogP contribution in [0.2, 0.25) is 0 Å². The Morgan fingerprint density at radius 3 is 2.83 bits per heavy atom. The van der Waals surface area contributed by atoms with Crippen molar-refractivity contribution in [3.8, 4) is 0 Å². The van der Waals surface area contributed by atoms with Crippen molar-refractivity contribution in [2.24, 2.45) is 4.99 Å². The number of aliphatic imine (C=N–C) groups is 1. The van der Waals surface area contributed by atoms with E-state index in [0.717, 1.165) is 50.7 Å². The summed E-state index contributed by atoms with van der Waals surface area (Å²) in [5.41, 5.74) is 1.09. The fourth-order valence-electron chi connectivity index (χ4n) is 2.05. The summed E-state index contributed by atoms with van der Waals surface area (Å²) in [6.07, 6.45) is 7.45. The van der Waals surface area contributed by atoms with Crippen LogP contribution in [0, 0.1) is 0 Å².